The van der Waals surface area contributed by atoms with Gasteiger partial charge in [-0.2, -0.15) is 0 Å². The maximum absolute atomic E-state index is 11.6. The molecule has 2 rings (SSSR count). The number of anilines is 2. The third-order valence-electron chi connectivity index (χ3n) is 2.76. The molecule has 1 aliphatic rings. The minimum absolute atomic E-state index is 0.478. The summed E-state index contributed by atoms with van der Waals surface area (Å²) in [5.74, 6) is 0.655. The normalized spacial score (nSPS) is 15.3. The van der Waals surface area contributed by atoms with E-state index in [0.717, 1.165) is 0 Å². The molecule has 98 valence electrons. The number of hydrogen-bond donors (Lipinski definition) is 2. The molecule has 4 heteroatoms. The van der Waals surface area contributed by atoms with Crippen molar-refractivity contribution in [3.63, 3.8) is 0 Å². The van der Waals surface area contributed by atoms with Crippen LogP contribution in [0, 0.1) is 0 Å². The van der Waals surface area contributed by atoms with Crippen molar-refractivity contribution in [3.8, 4) is 0 Å². The Balaban J connectivity index is 2.03. The summed E-state index contributed by atoms with van der Waals surface area (Å²) >= 11 is 0. The molecule has 1 aromatic rings. The van der Waals surface area contributed by atoms with Gasteiger partial charge in [-0.1, -0.05) is 6.07 Å². The highest BCUT2D eigenvalue weighted by Crippen LogP contribution is 2.41. The zero-order chi connectivity index (χ0) is 13.3. The van der Waals surface area contributed by atoms with E-state index in [1.165, 1.54) is 18.4 Å². The lowest BCUT2D eigenvalue weighted by Crippen LogP contribution is -2.27. The van der Waals surface area contributed by atoms with E-state index in [1.54, 1.807) is 0 Å². The first-order chi connectivity index (χ1) is 8.35. The predicted molar refractivity (Wildman–Crippen MR) is 72.7 cm³/mol. The zero-order valence-electron chi connectivity index (χ0n) is 11.1. The van der Waals surface area contributed by atoms with E-state index in [0.29, 0.717) is 17.3 Å². The third kappa shape index (κ3) is 3.39. The molecule has 0 aromatic heterocycles. The zero-order valence-corrected chi connectivity index (χ0v) is 11.1. The molecule has 0 radical (unpaired) electrons. The number of benzene rings is 1. The van der Waals surface area contributed by atoms with Crippen LogP contribution in [0.4, 0.5) is 16.2 Å². The minimum Gasteiger partial charge on any atom is -0.444 e. The fraction of sp³-hybridized carbons (Fsp3) is 0.500. The smallest absolute Gasteiger partial charge is 0.412 e. The Kier molecular flexibility index (Phi) is 3.20. The van der Waals surface area contributed by atoms with Crippen LogP contribution in [-0.2, 0) is 4.74 Å². The Hall–Kier alpha value is -1.71. The second-order valence-corrected chi connectivity index (χ2v) is 5.75. The van der Waals surface area contributed by atoms with Crippen LogP contribution in [0.1, 0.15) is 45.1 Å². The molecular weight excluding hydrogens is 228 g/mol. The molecule has 0 unspecified atom stereocenters. The van der Waals surface area contributed by atoms with Gasteiger partial charge in [-0.3, -0.25) is 5.32 Å². The van der Waals surface area contributed by atoms with E-state index in [1.807, 2.05) is 39.0 Å². The molecule has 1 aliphatic carbocycles. The number of carbonyl (C=O) groups is 1. The second-order valence-electron chi connectivity index (χ2n) is 5.75. The predicted octanol–water partition coefficient (Wildman–Crippen LogP) is 3.49. The maximum Gasteiger partial charge on any atom is 0.412 e. The monoisotopic (exact) mass is 248 g/mol. The minimum atomic E-state index is -0.507. The highest BCUT2D eigenvalue weighted by Gasteiger charge is 2.24. The molecule has 18 heavy (non-hydrogen) atoms. The van der Waals surface area contributed by atoms with Crippen LogP contribution >= 0.6 is 0 Å². The molecule has 0 spiro atoms. The maximum atomic E-state index is 11.6. The number of ether oxygens (including phenoxy) is 1. The summed E-state index contributed by atoms with van der Waals surface area (Å²) < 4.78 is 5.18. The first kappa shape index (κ1) is 12.7. The number of amides is 1. The number of carbonyl (C=O) groups excluding carboxylic acids is 1. The molecule has 1 saturated carbocycles. The van der Waals surface area contributed by atoms with E-state index in [2.05, 4.69) is 5.32 Å². The first-order valence-electron chi connectivity index (χ1n) is 6.24. The molecule has 1 aromatic carbocycles. The SMILES string of the molecule is CC(C)(C)OC(=O)Nc1ccc(C2CC2)cc1N. The summed E-state index contributed by atoms with van der Waals surface area (Å²) in [7, 11) is 0. The van der Waals surface area contributed by atoms with Gasteiger partial charge in [-0.25, -0.2) is 4.79 Å². The Bertz CT molecular complexity index is 459. The number of nitrogens with one attached hydrogen (secondary N) is 1. The highest BCUT2D eigenvalue weighted by atomic mass is 16.6. The lowest BCUT2D eigenvalue weighted by Gasteiger charge is -2.20. The van der Waals surface area contributed by atoms with Gasteiger partial charge in [0, 0.05) is 0 Å². The van der Waals surface area contributed by atoms with Gasteiger partial charge >= 0.3 is 6.09 Å². The molecule has 0 heterocycles. The first-order valence-corrected chi connectivity index (χ1v) is 6.24. The van der Waals surface area contributed by atoms with Crippen molar-refractivity contribution in [1.29, 1.82) is 0 Å². The van der Waals surface area contributed by atoms with E-state index in [4.69, 9.17) is 10.5 Å². The quantitative estimate of drug-likeness (QED) is 0.787. The molecule has 0 bridgehead atoms. The van der Waals surface area contributed by atoms with Gasteiger partial charge < -0.3 is 10.5 Å². The molecular formula is C14H20N2O2. The Labute approximate surface area is 108 Å². The molecule has 4 nitrogen and oxygen atoms in total. The van der Waals surface area contributed by atoms with Crippen molar-refractivity contribution in [2.45, 2.75) is 45.1 Å². The van der Waals surface area contributed by atoms with E-state index >= 15 is 0 Å². The Morgan fingerprint density at radius 3 is 2.56 bits per heavy atom. The number of nitrogens with two attached hydrogens (primary N) is 1. The van der Waals surface area contributed by atoms with E-state index < -0.39 is 11.7 Å². The number of nitrogen functional groups attached to an aromatic ring is 1. The van der Waals surface area contributed by atoms with Gasteiger partial charge in [0.25, 0.3) is 0 Å². The summed E-state index contributed by atoms with van der Waals surface area (Å²) in [6, 6.07) is 5.79. The van der Waals surface area contributed by atoms with Crippen LogP contribution in [0.3, 0.4) is 0 Å². The van der Waals surface area contributed by atoms with Crippen molar-refractivity contribution in [1.82, 2.24) is 0 Å². The summed E-state index contributed by atoms with van der Waals surface area (Å²) in [6.07, 6.45) is 1.99. The van der Waals surface area contributed by atoms with Crippen molar-refractivity contribution < 1.29 is 9.53 Å². The van der Waals surface area contributed by atoms with E-state index in [-0.39, 0.29) is 0 Å². The molecule has 0 atom stereocenters. The molecule has 1 fully saturated rings. The van der Waals surface area contributed by atoms with Crippen molar-refractivity contribution in [2.24, 2.45) is 0 Å². The summed E-state index contributed by atoms with van der Waals surface area (Å²) in [5.41, 5.74) is 7.87. The molecule has 3 N–H and O–H groups in total. The number of hydrogen-bond acceptors (Lipinski definition) is 3. The fourth-order valence-corrected chi connectivity index (χ4v) is 1.78. The molecule has 1 amide bonds. The van der Waals surface area contributed by atoms with Gasteiger partial charge in [0.15, 0.2) is 0 Å². The summed E-state index contributed by atoms with van der Waals surface area (Å²) in [5, 5.41) is 2.67. The van der Waals surface area contributed by atoms with Crippen LogP contribution in [0.15, 0.2) is 18.2 Å². The lowest BCUT2D eigenvalue weighted by molar-refractivity contribution is 0.0636. The number of rotatable bonds is 2. The van der Waals surface area contributed by atoms with Crippen molar-refractivity contribution >= 4 is 17.5 Å². The van der Waals surface area contributed by atoms with Gasteiger partial charge in [-0.15, -0.1) is 0 Å². The highest BCUT2D eigenvalue weighted by molar-refractivity contribution is 5.89. The van der Waals surface area contributed by atoms with Crippen LogP contribution in [0.25, 0.3) is 0 Å². The average Bonchev–Trinajstić information content (AvgIpc) is 3.01. The average molecular weight is 248 g/mol. The summed E-state index contributed by atoms with van der Waals surface area (Å²) in [6.45, 7) is 5.48. The van der Waals surface area contributed by atoms with Crippen molar-refractivity contribution in [3.05, 3.63) is 23.8 Å². The lowest BCUT2D eigenvalue weighted by atomic mass is 10.1. The van der Waals surface area contributed by atoms with Gasteiger partial charge in [-0.05, 0) is 57.2 Å². The van der Waals surface area contributed by atoms with Crippen LogP contribution in [-0.4, -0.2) is 11.7 Å². The van der Waals surface area contributed by atoms with Crippen LogP contribution in [0.2, 0.25) is 0 Å². The van der Waals surface area contributed by atoms with Crippen molar-refractivity contribution in [2.75, 3.05) is 11.1 Å². The second kappa shape index (κ2) is 4.52. The van der Waals surface area contributed by atoms with E-state index in [9.17, 15) is 4.79 Å². The summed E-state index contributed by atoms with van der Waals surface area (Å²) in [4.78, 5) is 11.6. The van der Waals surface area contributed by atoms with Gasteiger partial charge in [0.2, 0.25) is 0 Å². The van der Waals surface area contributed by atoms with Crippen LogP contribution < -0.4 is 11.1 Å². The molecule has 0 saturated heterocycles. The Morgan fingerprint density at radius 1 is 1.39 bits per heavy atom. The Morgan fingerprint density at radius 2 is 2.06 bits per heavy atom. The fourth-order valence-electron chi connectivity index (χ4n) is 1.78. The third-order valence-corrected chi connectivity index (χ3v) is 2.76. The topological polar surface area (TPSA) is 64.3 Å². The largest absolute Gasteiger partial charge is 0.444 e. The molecule has 0 aliphatic heterocycles. The van der Waals surface area contributed by atoms with Gasteiger partial charge in [0.05, 0.1) is 11.4 Å². The van der Waals surface area contributed by atoms with Gasteiger partial charge in [0.1, 0.15) is 5.60 Å². The standard InChI is InChI=1S/C14H20N2O2/c1-14(2,3)18-13(17)16-12-7-6-10(8-11(12)15)9-4-5-9/h6-9H,4-5,15H2,1-3H3,(H,16,17). The van der Waals surface area contributed by atoms with Crippen LogP contribution in [0.5, 0.6) is 0 Å².